The molecule has 0 atom stereocenters. The number of methoxy groups -OCH3 is 1. The zero-order valence-electron chi connectivity index (χ0n) is 11.5. The fraction of sp³-hybridized carbons (Fsp3) is 0.267. The molecule has 0 bridgehead atoms. The Balaban J connectivity index is 2.18. The van der Waals surface area contributed by atoms with Crippen LogP contribution in [0.1, 0.15) is 11.1 Å². The van der Waals surface area contributed by atoms with Gasteiger partial charge in [-0.15, -0.1) is 0 Å². The van der Waals surface area contributed by atoms with Crippen molar-refractivity contribution >= 4 is 11.6 Å². The van der Waals surface area contributed by atoms with Crippen molar-refractivity contribution in [3.63, 3.8) is 0 Å². The summed E-state index contributed by atoms with van der Waals surface area (Å²) in [6, 6.07) is 7.60. The summed E-state index contributed by atoms with van der Waals surface area (Å²) < 4.78 is 11.1. The van der Waals surface area contributed by atoms with Gasteiger partial charge in [0.1, 0.15) is 6.61 Å². The molecule has 0 aliphatic carbocycles. The second kappa shape index (κ2) is 7.12. The second-order valence-electron chi connectivity index (χ2n) is 4.28. The zero-order chi connectivity index (χ0) is 14.4. The standard InChI is InChI=1S/C15H17ClN2O2/c1-17-9-12-7-13(16)15(14(8-12)19-2)20-10-11-3-5-18-6-4-11/h3-8,17H,9-10H2,1-2H3. The van der Waals surface area contributed by atoms with E-state index in [1.807, 2.05) is 31.3 Å². The largest absolute Gasteiger partial charge is 0.493 e. The van der Waals surface area contributed by atoms with E-state index in [1.165, 1.54) is 0 Å². The molecule has 106 valence electrons. The van der Waals surface area contributed by atoms with E-state index in [-0.39, 0.29) is 0 Å². The van der Waals surface area contributed by atoms with Crippen LogP contribution in [-0.2, 0) is 13.2 Å². The molecule has 2 aromatic rings. The predicted molar refractivity (Wildman–Crippen MR) is 79.3 cm³/mol. The summed E-state index contributed by atoms with van der Waals surface area (Å²) in [4.78, 5) is 3.97. The van der Waals surface area contributed by atoms with Gasteiger partial charge >= 0.3 is 0 Å². The number of hydrogen-bond acceptors (Lipinski definition) is 4. The number of aromatic nitrogens is 1. The van der Waals surface area contributed by atoms with Gasteiger partial charge in [0.05, 0.1) is 12.1 Å². The Morgan fingerprint density at radius 2 is 1.95 bits per heavy atom. The monoisotopic (exact) mass is 292 g/mol. The molecule has 1 heterocycles. The molecule has 1 N–H and O–H groups in total. The van der Waals surface area contributed by atoms with Crippen molar-refractivity contribution in [3.05, 3.63) is 52.8 Å². The van der Waals surface area contributed by atoms with Gasteiger partial charge in [0.15, 0.2) is 11.5 Å². The molecule has 0 unspecified atom stereocenters. The van der Waals surface area contributed by atoms with Crippen molar-refractivity contribution in [1.82, 2.24) is 10.3 Å². The number of rotatable bonds is 6. The third kappa shape index (κ3) is 3.62. The molecule has 4 nitrogen and oxygen atoms in total. The molecular weight excluding hydrogens is 276 g/mol. The van der Waals surface area contributed by atoms with Gasteiger partial charge < -0.3 is 14.8 Å². The number of pyridine rings is 1. The topological polar surface area (TPSA) is 43.4 Å². The van der Waals surface area contributed by atoms with Crippen molar-refractivity contribution in [2.75, 3.05) is 14.2 Å². The first-order valence-electron chi connectivity index (χ1n) is 6.27. The minimum absolute atomic E-state index is 0.421. The molecule has 1 aromatic carbocycles. The van der Waals surface area contributed by atoms with Gasteiger partial charge in [-0.2, -0.15) is 0 Å². The predicted octanol–water partition coefficient (Wildman–Crippen LogP) is 3.04. The molecule has 0 spiro atoms. The number of hydrogen-bond donors (Lipinski definition) is 1. The van der Waals surface area contributed by atoms with Gasteiger partial charge in [-0.05, 0) is 42.4 Å². The number of nitrogens with one attached hydrogen (secondary N) is 1. The molecule has 0 radical (unpaired) electrons. The lowest BCUT2D eigenvalue weighted by Crippen LogP contribution is -2.06. The van der Waals surface area contributed by atoms with Crippen molar-refractivity contribution < 1.29 is 9.47 Å². The van der Waals surface area contributed by atoms with Crippen LogP contribution in [0.4, 0.5) is 0 Å². The lowest BCUT2D eigenvalue weighted by atomic mass is 10.2. The van der Waals surface area contributed by atoms with Crippen molar-refractivity contribution in [1.29, 1.82) is 0 Å². The molecule has 0 saturated heterocycles. The smallest absolute Gasteiger partial charge is 0.180 e. The average molecular weight is 293 g/mol. The van der Waals surface area contributed by atoms with Crippen LogP contribution in [-0.4, -0.2) is 19.1 Å². The molecule has 0 amide bonds. The Hall–Kier alpha value is -1.78. The third-order valence-corrected chi connectivity index (χ3v) is 3.08. The van der Waals surface area contributed by atoms with Crippen LogP contribution in [0.2, 0.25) is 5.02 Å². The van der Waals surface area contributed by atoms with E-state index >= 15 is 0 Å². The van der Waals surface area contributed by atoms with Gasteiger partial charge in [-0.3, -0.25) is 4.98 Å². The van der Waals surface area contributed by atoms with Crippen LogP contribution in [0.3, 0.4) is 0 Å². The highest BCUT2D eigenvalue weighted by Crippen LogP contribution is 2.36. The molecule has 1 aromatic heterocycles. The highest BCUT2D eigenvalue weighted by molar-refractivity contribution is 6.32. The molecule has 0 aliphatic rings. The van der Waals surface area contributed by atoms with Gasteiger partial charge in [0.25, 0.3) is 0 Å². The first kappa shape index (κ1) is 14.6. The maximum Gasteiger partial charge on any atom is 0.180 e. The average Bonchev–Trinajstić information content (AvgIpc) is 2.47. The number of halogens is 1. The minimum atomic E-state index is 0.421. The highest BCUT2D eigenvalue weighted by Gasteiger charge is 2.12. The summed E-state index contributed by atoms with van der Waals surface area (Å²) in [7, 11) is 3.49. The van der Waals surface area contributed by atoms with Gasteiger partial charge in [0, 0.05) is 18.9 Å². The molecule has 2 rings (SSSR count). The van der Waals surface area contributed by atoms with Crippen LogP contribution in [0.5, 0.6) is 11.5 Å². The zero-order valence-corrected chi connectivity index (χ0v) is 12.3. The SMILES string of the molecule is CNCc1cc(Cl)c(OCc2ccncc2)c(OC)c1. The Kier molecular flexibility index (Phi) is 5.21. The second-order valence-corrected chi connectivity index (χ2v) is 4.69. The van der Waals surface area contributed by atoms with E-state index in [0.717, 1.165) is 17.7 Å². The quantitative estimate of drug-likeness (QED) is 0.889. The fourth-order valence-corrected chi connectivity index (χ4v) is 2.14. The summed E-state index contributed by atoms with van der Waals surface area (Å²) in [5, 5.41) is 3.62. The van der Waals surface area contributed by atoms with E-state index in [1.54, 1.807) is 19.5 Å². The van der Waals surface area contributed by atoms with Gasteiger partial charge in [-0.25, -0.2) is 0 Å². The van der Waals surface area contributed by atoms with Crippen LogP contribution < -0.4 is 14.8 Å². The molecule has 5 heteroatoms. The van der Waals surface area contributed by atoms with Crippen LogP contribution >= 0.6 is 11.6 Å². The molecular formula is C15H17ClN2O2. The van der Waals surface area contributed by atoms with E-state index in [2.05, 4.69) is 10.3 Å². The molecule has 0 fully saturated rings. The Morgan fingerprint density at radius 1 is 1.20 bits per heavy atom. The first-order chi connectivity index (χ1) is 9.74. The number of nitrogens with zero attached hydrogens (tertiary/aromatic N) is 1. The Morgan fingerprint density at radius 3 is 2.60 bits per heavy atom. The number of ether oxygens (including phenoxy) is 2. The van der Waals surface area contributed by atoms with E-state index in [0.29, 0.717) is 23.1 Å². The van der Waals surface area contributed by atoms with Gasteiger partial charge in [-0.1, -0.05) is 11.6 Å². The van der Waals surface area contributed by atoms with E-state index in [4.69, 9.17) is 21.1 Å². The lowest BCUT2D eigenvalue weighted by Gasteiger charge is -2.14. The number of benzene rings is 1. The normalized spacial score (nSPS) is 10.3. The summed E-state index contributed by atoms with van der Waals surface area (Å²) in [5.74, 6) is 1.20. The molecule has 0 aliphatic heterocycles. The van der Waals surface area contributed by atoms with Crippen LogP contribution in [0.25, 0.3) is 0 Å². The van der Waals surface area contributed by atoms with Crippen molar-refractivity contribution in [3.8, 4) is 11.5 Å². The van der Waals surface area contributed by atoms with E-state index in [9.17, 15) is 0 Å². The third-order valence-electron chi connectivity index (χ3n) is 2.80. The Bertz CT molecular complexity index is 561. The van der Waals surface area contributed by atoms with Crippen molar-refractivity contribution in [2.24, 2.45) is 0 Å². The first-order valence-corrected chi connectivity index (χ1v) is 6.65. The van der Waals surface area contributed by atoms with Crippen LogP contribution in [0.15, 0.2) is 36.7 Å². The minimum Gasteiger partial charge on any atom is -0.493 e. The maximum atomic E-state index is 6.27. The summed E-state index contributed by atoms with van der Waals surface area (Å²) in [5.41, 5.74) is 2.07. The lowest BCUT2D eigenvalue weighted by molar-refractivity contribution is 0.284. The Labute approximate surface area is 123 Å². The molecule has 0 saturated carbocycles. The van der Waals surface area contributed by atoms with Crippen molar-refractivity contribution in [2.45, 2.75) is 13.2 Å². The van der Waals surface area contributed by atoms with Crippen LogP contribution in [0, 0.1) is 0 Å². The fourth-order valence-electron chi connectivity index (χ4n) is 1.85. The summed E-state index contributed by atoms with van der Waals surface area (Å²) in [6.45, 7) is 1.14. The molecule has 20 heavy (non-hydrogen) atoms. The maximum absolute atomic E-state index is 6.27. The summed E-state index contributed by atoms with van der Waals surface area (Å²) >= 11 is 6.27. The summed E-state index contributed by atoms with van der Waals surface area (Å²) in [6.07, 6.45) is 3.46. The van der Waals surface area contributed by atoms with E-state index < -0.39 is 0 Å². The highest BCUT2D eigenvalue weighted by atomic mass is 35.5. The van der Waals surface area contributed by atoms with Gasteiger partial charge in [0.2, 0.25) is 0 Å².